The molecule has 3 atom stereocenters. The lowest BCUT2D eigenvalue weighted by atomic mass is 10.0. The zero-order chi connectivity index (χ0) is 38.9. The molecule has 3 aromatic heterocycles. The van der Waals surface area contributed by atoms with Crippen molar-refractivity contribution in [3.05, 3.63) is 144 Å². The summed E-state index contributed by atoms with van der Waals surface area (Å²) in [6, 6.07) is 43.5. The van der Waals surface area contributed by atoms with E-state index >= 15 is 0 Å². The van der Waals surface area contributed by atoms with Crippen molar-refractivity contribution in [3.63, 3.8) is 0 Å². The highest BCUT2D eigenvalue weighted by Crippen LogP contribution is 2.38. The highest BCUT2D eigenvalue weighted by Gasteiger charge is 2.19. The van der Waals surface area contributed by atoms with Crippen molar-refractivity contribution < 1.29 is 0 Å². The zero-order valence-electron chi connectivity index (χ0n) is 31.6. The van der Waals surface area contributed by atoms with Gasteiger partial charge in [0.15, 0.2) is 0 Å². The molecule has 5 nitrogen and oxygen atoms in total. The number of aromatic amines is 2. The number of rotatable bonds is 8. The fourth-order valence-electron chi connectivity index (χ4n) is 7.59. The molecule has 0 saturated carbocycles. The van der Waals surface area contributed by atoms with Gasteiger partial charge < -0.3 is 9.97 Å². The van der Waals surface area contributed by atoms with Crippen LogP contribution in [0.4, 0.5) is 5.69 Å². The molecule has 0 fully saturated rings. The fourth-order valence-corrected chi connectivity index (χ4v) is 9.19. The third-order valence-corrected chi connectivity index (χ3v) is 13.3. The largest absolute Gasteiger partial charge is 0.354 e. The second-order valence-corrected chi connectivity index (χ2v) is 17.1. The standard InChI is InChI=1S/C48H38N5P3S/c1-54-34-14-6-30(7-15-34)46-39-22-20-37(50-39)45(29-4-12-33(13-5-29)49-28-57)38-21-23-40(51-38)47(31-8-16-35(55-2)17-9-31)42-25-27-44(53-42)48(43-26-24-41(46)52-43)32-10-18-36(56-3)19-11-32/h4-27,50,53-56H,1-3H3. The van der Waals surface area contributed by atoms with Crippen LogP contribution in [0.1, 0.15) is 22.8 Å². The van der Waals surface area contributed by atoms with Gasteiger partial charge in [-0.05, 0) is 131 Å². The van der Waals surface area contributed by atoms with E-state index in [9.17, 15) is 0 Å². The molecule has 3 unspecified atom stereocenters. The number of aromatic nitrogens is 4. The first kappa shape index (κ1) is 37.2. The van der Waals surface area contributed by atoms with E-state index in [-0.39, 0.29) is 0 Å². The maximum atomic E-state index is 5.46. The first-order chi connectivity index (χ1) is 28.0. The number of benzene rings is 4. The lowest BCUT2D eigenvalue weighted by molar-refractivity contribution is 1.31. The number of hydrogen-bond donors (Lipinski definition) is 2. The lowest BCUT2D eigenvalue weighted by Crippen LogP contribution is -1.94. The van der Waals surface area contributed by atoms with E-state index in [2.05, 4.69) is 174 Å². The van der Waals surface area contributed by atoms with E-state index in [0.717, 1.165) is 121 Å². The van der Waals surface area contributed by atoms with Crippen LogP contribution < -0.4 is 15.9 Å². The van der Waals surface area contributed by atoms with Gasteiger partial charge in [-0.3, -0.25) is 0 Å². The minimum atomic E-state index is 0.718. The van der Waals surface area contributed by atoms with Crippen molar-refractivity contribution in [3.8, 4) is 44.5 Å². The Balaban J connectivity index is 1.43. The zero-order valence-corrected chi connectivity index (χ0v) is 35.4. The van der Waals surface area contributed by atoms with Crippen molar-refractivity contribution in [2.24, 2.45) is 4.99 Å². The molecule has 2 aliphatic heterocycles. The molecule has 0 aliphatic carbocycles. The van der Waals surface area contributed by atoms with Crippen LogP contribution in [0.5, 0.6) is 0 Å². The summed E-state index contributed by atoms with van der Waals surface area (Å²) in [4.78, 5) is 22.8. The summed E-state index contributed by atoms with van der Waals surface area (Å²) in [5.74, 6) is 0. The molecule has 0 saturated heterocycles. The number of hydrogen-bond acceptors (Lipinski definition) is 4. The van der Waals surface area contributed by atoms with Crippen molar-refractivity contribution in [1.82, 2.24) is 19.9 Å². The van der Waals surface area contributed by atoms with Crippen molar-refractivity contribution in [2.75, 3.05) is 20.0 Å². The number of thiocarbonyl (C=S) groups is 1. The molecule has 5 heterocycles. The summed E-state index contributed by atoms with van der Waals surface area (Å²) in [6.07, 6.45) is 8.58. The molecule has 0 radical (unpaired) electrons. The Labute approximate surface area is 342 Å². The Hall–Kier alpha value is -5.43. The van der Waals surface area contributed by atoms with E-state index < -0.39 is 0 Å². The van der Waals surface area contributed by atoms with Crippen LogP contribution in [0.3, 0.4) is 0 Å². The van der Waals surface area contributed by atoms with Crippen LogP contribution in [-0.2, 0) is 0 Å². The molecule has 9 heteroatoms. The number of nitrogens with one attached hydrogen (secondary N) is 2. The van der Waals surface area contributed by atoms with E-state index in [1.54, 1.807) is 0 Å². The van der Waals surface area contributed by atoms with Crippen LogP contribution >= 0.6 is 38.0 Å². The van der Waals surface area contributed by atoms with E-state index in [4.69, 9.17) is 22.2 Å². The fraction of sp³-hybridized carbons (Fsp3) is 0.0625. The topological polar surface area (TPSA) is 69.7 Å². The minimum absolute atomic E-state index is 0.718. The predicted octanol–water partition coefficient (Wildman–Crippen LogP) is 11.9. The van der Waals surface area contributed by atoms with E-state index in [1.807, 2.05) is 12.1 Å². The van der Waals surface area contributed by atoms with Gasteiger partial charge in [-0.25, -0.2) is 9.97 Å². The smallest absolute Gasteiger partial charge is 0.0739 e. The molecule has 2 N–H and O–H groups in total. The van der Waals surface area contributed by atoms with Gasteiger partial charge in [-0.2, -0.15) is 4.99 Å². The molecule has 57 heavy (non-hydrogen) atoms. The van der Waals surface area contributed by atoms with Gasteiger partial charge in [0, 0.05) is 44.3 Å². The number of isothiocyanates is 1. The molecule has 8 bridgehead atoms. The highest BCUT2D eigenvalue weighted by molar-refractivity contribution is 7.78. The van der Waals surface area contributed by atoms with Crippen LogP contribution in [0.2, 0.25) is 0 Å². The lowest BCUT2D eigenvalue weighted by Gasteiger charge is -2.08. The molecule has 7 aromatic rings. The van der Waals surface area contributed by atoms with Gasteiger partial charge in [0.2, 0.25) is 0 Å². The molecule has 2 aliphatic rings. The summed E-state index contributed by atoms with van der Waals surface area (Å²) < 4.78 is 0. The summed E-state index contributed by atoms with van der Waals surface area (Å²) >= 11 is 4.90. The SMILES string of the molecule is CPc1ccc(-c2c3nc(c(-c4ccc(PC)cc4)c4ccc([nH]4)c(-c4ccc(PC)cc4)c4nc(c(-c5ccc(N=C=S)cc5)c5ccc2[nH]5)C=C4)C=C3)cc1. The van der Waals surface area contributed by atoms with Gasteiger partial charge in [-0.15, -0.1) is 0 Å². The first-order valence-electron chi connectivity index (χ1n) is 18.7. The van der Waals surface area contributed by atoms with Gasteiger partial charge in [0.1, 0.15) is 0 Å². The van der Waals surface area contributed by atoms with Gasteiger partial charge in [0.25, 0.3) is 0 Å². The molecule has 0 spiro atoms. The van der Waals surface area contributed by atoms with Crippen LogP contribution in [0.15, 0.2) is 126 Å². The summed E-state index contributed by atoms with van der Waals surface area (Å²) in [6.45, 7) is 6.65. The van der Waals surface area contributed by atoms with Crippen molar-refractivity contribution >= 4 is 111 Å². The molecule has 4 aromatic carbocycles. The summed E-state index contributed by atoms with van der Waals surface area (Å²) in [5.41, 5.74) is 16.6. The van der Waals surface area contributed by atoms with Crippen LogP contribution in [0, 0.1) is 0 Å². The first-order valence-corrected chi connectivity index (χ1v) is 23.6. The van der Waals surface area contributed by atoms with E-state index in [1.165, 1.54) is 15.9 Å². The number of H-pyrrole nitrogens is 2. The second kappa shape index (κ2) is 16.2. The Kier molecular flexibility index (Phi) is 10.6. The molecular weight excluding hydrogens is 772 g/mol. The third-order valence-electron chi connectivity index (χ3n) is 10.5. The number of nitrogens with zero attached hydrogens (tertiary/aromatic N) is 3. The van der Waals surface area contributed by atoms with Crippen molar-refractivity contribution in [2.45, 2.75) is 0 Å². The molecular formula is C48H38N5P3S. The predicted molar refractivity (Wildman–Crippen MR) is 257 cm³/mol. The van der Waals surface area contributed by atoms with Crippen LogP contribution in [-0.4, -0.2) is 45.1 Å². The monoisotopic (exact) mass is 809 g/mol. The van der Waals surface area contributed by atoms with Crippen molar-refractivity contribution in [1.29, 1.82) is 0 Å². The maximum absolute atomic E-state index is 5.46. The quantitative estimate of drug-likeness (QED) is 0.0912. The summed E-state index contributed by atoms with van der Waals surface area (Å²) in [5, 5.41) is 6.45. The Morgan fingerprint density at radius 3 is 0.965 bits per heavy atom. The molecule has 0 amide bonds. The van der Waals surface area contributed by atoms with Crippen LogP contribution in [0.25, 0.3) is 90.9 Å². The van der Waals surface area contributed by atoms with Gasteiger partial charge in [-0.1, -0.05) is 111 Å². The second-order valence-electron chi connectivity index (χ2n) is 13.7. The average molecular weight is 810 g/mol. The molecule has 276 valence electrons. The van der Waals surface area contributed by atoms with E-state index in [0.29, 0.717) is 0 Å². The average Bonchev–Trinajstić information content (AvgIpc) is 4.10. The Morgan fingerprint density at radius 2 is 0.702 bits per heavy atom. The Bertz CT molecular complexity index is 2890. The number of aliphatic imine (C=N–C) groups is 1. The van der Waals surface area contributed by atoms with Gasteiger partial charge >= 0.3 is 0 Å². The summed E-state index contributed by atoms with van der Waals surface area (Å²) in [7, 11) is 2.16. The third kappa shape index (κ3) is 7.33. The maximum Gasteiger partial charge on any atom is 0.0739 e. The minimum Gasteiger partial charge on any atom is -0.354 e. The number of fused-ring (bicyclic) bond motifs is 8. The highest BCUT2D eigenvalue weighted by atomic mass is 32.1. The Morgan fingerprint density at radius 1 is 0.421 bits per heavy atom. The van der Waals surface area contributed by atoms with Gasteiger partial charge in [0.05, 0.1) is 33.6 Å². The molecule has 9 rings (SSSR count). The normalized spacial score (nSPS) is 12.5.